The number of hydrogen-bond donors (Lipinski definition) is 0. The van der Waals surface area contributed by atoms with Gasteiger partial charge in [-0.1, -0.05) is 42.5 Å². The maximum Gasteiger partial charge on any atom is 0.0950 e. The van der Waals surface area contributed by atoms with Gasteiger partial charge in [-0.05, 0) is 68.4 Å². The monoisotopic (exact) mass is 469 g/mol. The highest BCUT2D eigenvalue weighted by Gasteiger charge is 2.25. The fraction of sp³-hybridized carbons (Fsp3) is 0.129. The van der Waals surface area contributed by atoms with Crippen molar-refractivity contribution in [2.24, 2.45) is 0 Å². The highest BCUT2D eigenvalue weighted by molar-refractivity contribution is 6.10. The summed E-state index contributed by atoms with van der Waals surface area (Å²) in [4.78, 5) is 4.69. The standard InChI is InChI=1S/C31H27N5/c1-21-17-22(2)36(32-21)25-10-8-9-24(18-25)35-28-12-5-4-11-26(28)27-16-15-23(19-31(27)35)34-20-33(3)29-13-6-7-14-30(29)34/h4-19H,20H2,1-3H3. The highest BCUT2D eigenvalue weighted by atomic mass is 15.4. The molecule has 0 radical (unpaired) electrons. The first kappa shape index (κ1) is 20.8. The predicted molar refractivity (Wildman–Crippen MR) is 149 cm³/mol. The predicted octanol–water partition coefficient (Wildman–Crippen LogP) is 7.13. The van der Waals surface area contributed by atoms with Crippen LogP contribution in [0.4, 0.5) is 17.1 Å². The van der Waals surface area contributed by atoms with Crippen LogP contribution in [0.3, 0.4) is 0 Å². The fourth-order valence-electron chi connectivity index (χ4n) is 5.66. The molecule has 0 atom stereocenters. The van der Waals surface area contributed by atoms with Gasteiger partial charge in [0.2, 0.25) is 0 Å². The second kappa shape index (κ2) is 7.75. The molecule has 0 unspecified atom stereocenters. The van der Waals surface area contributed by atoms with Gasteiger partial charge in [-0.15, -0.1) is 0 Å². The van der Waals surface area contributed by atoms with Crippen molar-refractivity contribution in [2.75, 3.05) is 23.5 Å². The van der Waals surface area contributed by atoms with Crippen molar-refractivity contribution in [3.05, 3.63) is 108 Å². The third kappa shape index (κ3) is 3.06. The van der Waals surface area contributed by atoms with Gasteiger partial charge in [0.1, 0.15) is 0 Å². The number of rotatable bonds is 3. The van der Waals surface area contributed by atoms with Crippen molar-refractivity contribution < 1.29 is 0 Å². The molecule has 3 heterocycles. The van der Waals surface area contributed by atoms with Crippen LogP contribution in [0.1, 0.15) is 11.4 Å². The number of nitrogens with zero attached hydrogens (tertiary/aromatic N) is 5. The maximum atomic E-state index is 4.72. The number of para-hydroxylation sites is 3. The molecular formula is C31H27N5. The molecule has 0 N–H and O–H groups in total. The van der Waals surface area contributed by atoms with Gasteiger partial charge in [0.05, 0.1) is 40.5 Å². The molecule has 176 valence electrons. The average Bonchev–Trinajstić information content (AvgIpc) is 3.54. The molecule has 0 aliphatic carbocycles. The summed E-state index contributed by atoms with van der Waals surface area (Å²) < 4.78 is 4.41. The van der Waals surface area contributed by atoms with E-state index in [1.807, 2.05) is 11.6 Å². The zero-order valence-corrected chi connectivity index (χ0v) is 20.7. The van der Waals surface area contributed by atoms with E-state index in [2.05, 4.69) is 125 Å². The molecule has 1 aliphatic heterocycles. The van der Waals surface area contributed by atoms with Crippen molar-refractivity contribution in [1.82, 2.24) is 14.3 Å². The summed E-state index contributed by atoms with van der Waals surface area (Å²) in [7, 11) is 2.15. The zero-order valence-electron chi connectivity index (χ0n) is 20.7. The van der Waals surface area contributed by atoms with Crippen LogP contribution in [0.5, 0.6) is 0 Å². The minimum Gasteiger partial charge on any atom is -0.355 e. The van der Waals surface area contributed by atoms with Gasteiger partial charge in [0.15, 0.2) is 0 Å². The van der Waals surface area contributed by atoms with Crippen LogP contribution in [0.25, 0.3) is 33.2 Å². The molecule has 1 aliphatic rings. The molecule has 5 nitrogen and oxygen atoms in total. The molecule has 0 amide bonds. The lowest BCUT2D eigenvalue weighted by atomic mass is 10.1. The van der Waals surface area contributed by atoms with Crippen molar-refractivity contribution in [3.8, 4) is 11.4 Å². The Morgan fingerprint density at radius 2 is 1.39 bits per heavy atom. The summed E-state index contributed by atoms with van der Waals surface area (Å²) in [5, 5.41) is 7.23. The Balaban J connectivity index is 1.45. The van der Waals surface area contributed by atoms with Crippen LogP contribution in [-0.2, 0) is 0 Å². The third-order valence-electron chi connectivity index (χ3n) is 7.25. The van der Waals surface area contributed by atoms with Crippen LogP contribution < -0.4 is 9.80 Å². The van der Waals surface area contributed by atoms with E-state index in [4.69, 9.17) is 5.10 Å². The second-order valence-electron chi connectivity index (χ2n) is 9.67. The molecule has 7 rings (SSSR count). The normalized spacial score (nSPS) is 13.2. The van der Waals surface area contributed by atoms with Crippen LogP contribution in [0, 0.1) is 13.8 Å². The highest BCUT2D eigenvalue weighted by Crippen LogP contribution is 2.42. The quantitative estimate of drug-likeness (QED) is 0.276. The maximum absolute atomic E-state index is 4.72. The van der Waals surface area contributed by atoms with E-state index in [1.165, 1.54) is 38.9 Å². The molecule has 0 fully saturated rings. The first-order valence-corrected chi connectivity index (χ1v) is 12.3. The van der Waals surface area contributed by atoms with Crippen LogP contribution in [-0.4, -0.2) is 28.1 Å². The molecule has 0 saturated carbocycles. The Labute approximate surface area is 210 Å². The Morgan fingerprint density at radius 3 is 2.22 bits per heavy atom. The summed E-state index contributed by atoms with van der Waals surface area (Å²) in [6.07, 6.45) is 0. The van der Waals surface area contributed by atoms with Crippen molar-refractivity contribution >= 4 is 38.9 Å². The summed E-state index contributed by atoms with van der Waals surface area (Å²) in [6, 6.07) is 34.9. The largest absolute Gasteiger partial charge is 0.355 e. The van der Waals surface area contributed by atoms with E-state index >= 15 is 0 Å². The second-order valence-corrected chi connectivity index (χ2v) is 9.67. The van der Waals surface area contributed by atoms with Gasteiger partial charge < -0.3 is 14.4 Å². The van der Waals surface area contributed by atoms with E-state index in [-0.39, 0.29) is 0 Å². The van der Waals surface area contributed by atoms with Crippen molar-refractivity contribution in [1.29, 1.82) is 0 Å². The molecule has 0 spiro atoms. The van der Waals surface area contributed by atoms with Gasteiger partial charge in [0, 0.05) is 34.9 Å². The summed E-state index contributed by atoms with van der Waals surface area (Å²) >= 11 is 0. The minimum atomic E-state index is 0.832. The number of aryl methyl sites for hydroxylation is 2. The Bertz CT molecular complexity index is 1770. The van der Waals surface area contributed by atoms with Gasteiger partial charge >= 0.3 is 0 Å². The smallest absolute Gasteiger partial charge is 0.0950 e. The van der Waals surface area contributed by atoms with E-state index < -0.39 is 0 Å². The van der Waals surface area contributed by atoms with Crippen LogP contribution in [0.15, 0.2) is 97.1 Å². The fourth-order valence-corrected chi connectivity index (χ4v) is 5.66. The lowest BCUT2D eigenvalue weighted by molar-refractivity contribution is 0.832. The molecule has 6 aromatic rings. The topological polar surface area (TPSA) is 29.2 Å². The van der Waals surface area contributed by atoms with Crippen molar-refractivity contribution in [2.45, 2.75) is 13.8 Å². The Morgan fingerprint density at radius 1 is 0.639 bits per heavy atom. The minimum absolute atomic E-state index is 0.832. The van der Waals surface area contributed by atoms with E-state index in [1.54, 1.807) is 0 Å². The molecule has 36 heavy (non-hydrogen) atoms. The van der Waals surface area contributed by atoms with E-state index in [0.29, 0.717) is 0 Å². The third-order valence-corrected chi connectivity index (χ3v) is 7.25. The first-order chi connectivity index (χ1) is 17.6. The molecule has 2 aromatic heterocycles. The molecule has 0 saturated heterocycles. The first-order valence-electron chi connectivity index (χ1n) is 12.3. The number of aromatic nitrogens is 3. The Hall–Kier alpha value is -4.51. The van der Waals surface area contributed by atoms with Gasteiger partial charge in [-0.3, -0.25) is 0 Å². The SMILES string of the molecule is Cc1cc(C)n(-c2cccc(-n3c4ccccc4c4ccc(N5CN(C)c6ccccc65)cc43)c2)n1. The van der Waals surface area contributed by atoms with E-state index in [9.17, 15) is 0 Å². The van der Waals surface area contributed by atoms with Gasteiger partial charge in [0.25, 0.3) is 0 Å². The molecular weight excluding hydrogens is 442 g/mol. The van der Waals surface area contributed by atoms with E-state index in [0.717, 1.165) is 29.4 Å². The average molecular weight is 470 g/mol. The molecule has 4 aromatic carbocycles. The number of benzene rings is 4. The van der Waals surface area contributed by atoms with Crippen molar-refractivity contribution in [3.63, 3.8) is 0 Å². The van der Waals surface area contributed by atoms with Crippen LogP contribution in [0.2, 0.25) is 0 Å². The summed E-state index contributed by atoms with van der Waals surface area (Å²) in [5.41, 5.74) is 10.4. The lowest BCUT2D eigenvalue weighted by Crippen LogP contribution is -2.23. The molecule has 5 heteroatoms. The van der Waals surface area contributed by atoms with Gasteiger partial charge in [-0.25, -0.2) is 4.68 Å². The number of fused-ring (bicyclic) bond motifs is 4. The van der Waals surface area contributed by atoms with Gasteiger partial charge in [-0.2, -0.15) is 5.10 Å². The summed E-state index contributed by atoms with van der Waals surface area (Å²) in [6.45, 7) is 4.97. The molecule has 0 bridgehead atoms. The summed E-state index contributed by atoms with van der Waals surface area (Å²) in [5.74, 6) is 0. The Kier molecular flexibility index (Phi) is 4.48. The number of hydrogen-bond acceptors (Lipinski definition) is 3. The lowest BCUT2D eigenvalue weighted by Gasteiger charge is -2.20. The number of anilines is 3. The van der Waals surface area contributed by atoms with Crippen LogP contribution >= 0.6 is 0 Å². The zero-order chi connectivity index (χ0) is 24.4.